The maximum atomic E-state index is 11.6. The summed E-state index contributed by atoms with van der Waals surface area (Å²) in [5.41, 5.74) is 1.25. The van der Waals surface area contributed by atoms with E-state index in [1.807, 2.05) is 6.07 Å². The van der Waals surface area contributed by atoms with E-state index in [0.717, 1.165) is 18.4 Å². The second kappa shape index (κ2) is 10.0. The van der Waals surface area contributed by atoms with Gasteiger partial charge in [-0.2, -0.15) is 0 Å². The lowest BCUT2D eigenvalue weighted by Gasteiger charge is -2.30. The summed E-state index contributed by atoms with van der Waals surface area (Å²) in [5.74, 6) is -2.13. The number of phenols is 1. The molecular weight excluding hydrogens is 384 g/mol. The Bertz CT molecular complexity index is 725. The van der Waals surface area contributed by atoms with Crippen molar-refractivity contribution in [2.24, 2.45) is 0 Å². The van der Waals surface area contributed by atoms with Crippen molar-refractivity contribution in [3.63, 3.8) is 0 Å². The van der Waals surface area contributed by atoms with Gasteiger partial charge in [-0.15, -0.1) is 0 Å². The third-order valence-corrected chi connectivity index (χ3v) is 5.98. The van der Waals surface area contributed by atoms with Crippen molar-refractivity contribution in [2.45, 2.75) is 103 Å². The largest absolute Gasteiger partial charge is 0.508 e. The number of benzene rings is 1. The minimum Gasteiger partial charge on any atom is -0.508 e. The maximum Gasteiger partial charge on any atom is 0.304 e. The fourth-order valence-corrected chi connectivity index (χ4v) is 4.33. The van der Waals surface area contributed by atoms with Crippen LogP contribution in [-0.2, 0) is 14.9 Å². The van der Waals surface area contributed by atoms with Crippen molar-refractivity contribution in [2.75, 3.05) is 6.61 Å². The number of hydrogen-bond donors (Lipinski definition) is 3. The molecule has 0 bridgehead atoms. The lowest BCUT2D eigenvalue weighted by Crippen LogP contribution is -2.37. The number of carboxylic acid groups (broad SMARTS) is 1. The predicted octanol–water partition coefficient (Wildman–Crippen LogP) is 5.09. The molecule has 0 aliphatic carbocycles. The highest BCUT2D eigenvalue weighted by molar-refractivity contribution is 5.69. The number of phenolic OH excluding ortho intramolecular Hbond substituents is 1. The molecule has 2 rings (SSSR count). The van der Waals surface area contributed by atoms with Crippen LogP contribution in [0.1, 0.15) is 96.6 Å². The van der Waals surface area contributed by atoms with Gasteiger partial charge in [-0.25, -0.2) is 0 Å². The van der Waals surface area contributed by atoms with E-state index in [0.29, 0.717) is 11.3 Å². The first-order valence-corrected chi connectivity index (χ1v) is 11.1. The van der Waals surface area contributed by atoms with E-state index >= 15 is 0 Å². The summed E-state index contributed by atoms with van der Waals surface area (Å²) < 4.78 is 12.2. The van der Waals surface area contributed by atoms with Gasteiger partial charge in [-0.3, -0.25) is 4.79 Å². The zero-order chi connectivity index (χ0) is 22.5. The first-order chi connectivity index (χ1) is 14.0. The summed E-state index contributed by atoms with van der Waals surface area (Å²) in [6.45, 7) is 9.89. The number of ether oxygens (including phenoxy) is 2. The van der Waals surface area contributed by atoms with Crippen molar-refractivity contribution in [1.29, 1.82) is 0 Å². The molecule has 1 unspecified atom stereocenters. The lowest BCUT2D eigenvalue weighted by molar-refractivity contribution is -0.190. The van der Waals surface area contributed by atoms with Gasteiger partial charge in [0.2, 0.25) is 5.79 Å². The Balaban J connectivity index is 2.48. The van der Waals surface area contributed by atoms with Crippen molar-refractivity contribution in [3.05, 3.63) is 23.3 Å². The van der Waals surface area contributed by atoms with Crippen molar-refractivity contribution in [1.82, 2.24) is 0 Å². The third kappa shape index (κ3) is 6.11. The van der Waals surface area contributed by atoms with Gasteiger partial charge in [-0.05, 0) is 36.0 Å². The molecule has 0 spiro atoms. The zero-order valence-corrected chi connectivity index (χ0v) is 19.0. The smallest absolute Gasteiger partial charge is 0.304 e. The van der Waals surface area contributed by atoms with Gasteiger partial charge in [-0.1, -0.05) is 46.5 Å². The van der Waals surface area contributed by atoms with Gasteiger partial charge < -0.3 is 24.8 Å². The van der Waals surface area contributed by atoms with Gasteiger partial charge in [0.1, 0.15) is 11.5 Å². The molecule has 1 aliphatic rings. The lowest BCUT2D eigenvalue weighted by atomic mass is 9.78. The molecule has 3 N–H and O–H groups in total. The number of carboxylic acids is 1. The molecule has 0 amide bonds. The predicted molar refractivity (Wildman–Crippen MR) is 116 cm³/mol. The van der Waals surface area contributed by atoms with Gasteiger partial charge in [0.25, 0.3) is 0 Å². The Hall–Kier alpha value is -1.79. The fourth-order valence-electron chi connectivity index (χ4n) is 4.33. The zero-order valence-electron chi connectivity index (χ0n) is 19.0. The molecule has 30 heavy (non-hydrogen) atoms. The Morgan fingerprint density at radius 1 is 1.20 bits per heavy atom. The number of rotatable bonds is 10. The van der Waals surface area contributed by atoms with Crippen LogP contribution in [0, 0.1) is 0 Å². The molecule has 6 heteroatoms. The number of aliphatic carboxylic acids is 1. The van der Waals surface area contributed by atoms with Crippen molar-refractivity contribution < 1.29 is 29.6 Å². The number of unbranched alkanes of at least 4 members (excludes halogenated alkanes) is 3. The first kappa shape index (κ1) is 24.5. The molecule has 0 fully saturated rings. The van der Waals surface area contributed by atoms with E-state index in [-0.39, 0.29) is 30.6 Å². The summed E-state index contributed by atoms with van der Waals surface area (Å²) in [5, 5.41) is 29.9. The molecule has 1 aromatic rings. The summed E-state index contributed by atoms with van der Waals surface area (Å²) in [4.78, 5) is 11.6. The SMILES string of the molecule is CCCCCCC(C)(C)c1cc(O)c2c(c1)OC(C)(C)OC(CCO)[C@H]2CC(=O)O. The topological polar surface area (TPSA) is 96.2 Å². The van der Waals surface area contributed by atoms with E-state index < -0.39 is 23.8 Å². The van der Waals surface area contributed by atoms with Crippen LogP contribution < -0.4 is 4.74 Å². The molecule has 6 nitrogen and oxygen atoms in total. The summed E-state index contributed by atoms with van der Waals surface area (Å²) in [6.07, 6.45) is 5.12. The second-order valence-electron chi connectivity index (χ2n) is 9.48. The Morgan fingerprint density at radius 2 is 1.90 bits per heavy atom. The van der Waals surface area contributed by atoms with Crippen LogP contribution in [0.4, 0.5) is 0 Å². The molecule has 0 radical (unpaired) electrons. The quantitative estimate of drug-likeness (QED) is 0.454. The molecule has 0 aromatic heterocycles. The van der Waals surface area contributed by atoms with E-state index in [4.69, 9.17) is 9.47 Å². The van der Waals surface area contributed by atoms with Crippen LogP contribution in [-0.4, -0.2) is 39.8 Å². The number of aliphatic hydroxyl groups excluding tert-OH is 1. The summed E-state index contributed by atoms with van der Waals surface area (Å²) in [7, 11) is 0. The van der Waals surface area contributed by atoms with E-state index in [1.54, 1.807) is 19.9 Å². The highest BCUT2D eigenvalue weighted by Crippen LogP contribution is 2.47. The van der Waals surface area contributed by atoms with Gasteiger partial charge in [0.15, 0.2) is 0 Å². The first-order valence-electron chi connectivity index (χ1n) is 11.1. The summed E-state index contributed by atoms with van der Waals surface area (Å²) >= 11 is 0. The van der Waals surface area contributed by atoms with Gasteiger partial charge >= 0.3 is 5.97 Å². The number of carbonyl (C=O) groups is 1. The number of aromatic hydroxyl groups is 1. The Morgan fingerprint density at radius 3 is 2.50 bits per heavy atom. The van der Waals surface area contributed by atoms with E-state index in [2.05, 4.69) is 20.8 Å². The monoisotopic (exact) mass is 422 g/mol. The van der Waals surface area contributed by atoms with Crippen LogP contribution >= 0.6 is 0 Å². The molecule has 2 atom stereocenters. The maximum absolute atomic E-state index is 11.6. The number of hydrogen-bond acceptors (Lipinski definition) is 5. The molecule has 1 heterocycles. The molecule has 1 aliphatic heterocycles. The van der Waals surface area contributed by atoms with Crippen LogP contribution in [0.2, 0.25) is 0 Å². The Labute approximate surface area is 180 Å². The van der Waals surface area contributed by atoms with Crippen LogP contribution in [0.25, 0.3) is 0 Å². The van der Waals surface area contributed by atoms with Crippen LogP contribution in [0.3, 0.4) is 0 Å². The average Bonchev–Trinajstić information content (AvgIpc) is 2.72. The summed E-state index contributed by atoms with van der Waals surface area (Å²) in [6, 6.07) is 3.67. The van der Waals surface area contributed by atoms with Gasteiger partial charge in [0.05, 0.1) is 12.5 Å². The molecule has 170 valence electrons. The van der Waals surface area contributed by atoms with E-state index in [1.165, 1.54) is 19.3 Å². The minimum absolute atomic E-state index is 0.0274. The van der Waals surface area contributed by atoms with Crippen LogP contribution in [0.15, 0.2) is 12.1 Å². The number of aliphatic hydroxyl groups is 1. The molecule has 0 saturated carbocycles. The minimum atomic E-state index is -1.02. The normalized spacial score (nSPS) is 20.9. The van der Waals surface area contributed by atoms with E-state index in [9.17, 15) is 20.1 Å². The van der Waals surface area contributed by atoms with Crippen molar-refractivity contribution >= 4 is 5.97 Å². The standard InChI is InChI=1S/C24H38O6/c1-6-7-8-9-11-23(2,3)16-13-18(26)22-17(15-21(27)28)19(10-12-25)29-24(4,5)30-20(22)14-16/h13-14,17,19,25-26H,6-12,15H2,1-5H3,(H,27,28)/t17-,19?/m1/s1. The molecular formula is C24H38O6. The fraction of sp³-hybridized carbons (Fsp3) is 0.708. The molecule has 1 aromatic carbocycles. The average molecular weight is 423 g/mol. The highest BCUT2D eigenvalue weighted by atomic mass is 16.7. The Kier molecular flexibility index (Phi) is 8.17. The van der Waals surface area contributed by atoms with Crippen molar-refractivity contribution in [3.8, 4) is 11.5 Å². The van der Waals surface area contributed by atoms with Gasteiger partial charge in [0, 0.05) is 31.9 Å². The second-order valence-corrected chi connectivity index (χ2v) is 9.48. The van der Waals surface area contributed by atoms with Crippen LogP contribution in [0.5, 0.6) is 11.5 Å². The third-order valence-electron chi connectivity index (χ3n) is 5.98. The number of fused-ring (bicyclic) bond motifs is 1. The highest BCUT2D eigenvalue weighted by Gasteiger charge is 2.40. The molecule has 0 saturated heterocycles.